The number of sulfonamides is 1. The topological polar surface area (TPSA) is 102 Å². The van der Waals surface area contributed by atoms with E-state index < -0.39 is 10.0 Å². The second kappa shape index (κ2) is 10.5. The molecule has 1 aliphatic heterocycles. The van der Waals surface area contributed by atoms with Gasteiger partial charge in [-0.2, -0.15) is 0 Å². The molecule has 2 amide bonds. The lowest BCUT2D eigenvalue weighted by Crippen LogP contribution is -2.51. The number of carbonyl (C=O) groups excluding carboxylic acids is 2. The Morgan fingerprint density at radius 2 is 1.53 bits per heavy atom. The first-order valence-corrected chi connectivity index (χ1v) is 12.9. The van der Waals surface area contributed by atoms with Crippen LogP contribution in [0.5, 0.6) is 0 Å². The van der Waals surface area contributed by atoms with Gasteiger partial charge in [-0.05, 0) is 43.2 Å². The Kier molecular flexibility index (Phi) is 7.50. The van der Waals surface area contributed by atoms with Gasteiger partial charge in [0.25, 0.3) is 10.0 Å². The Morgan fingerprint density at radius 3 is 2.15 bits per heavy atom. The van der Waals surface area contributed by atoms with Gasteiger partial charge in [0, 0.05) is 45.0 Å². The molecular weight excluding hydrogens is 454 g/mol. The molecule has 1 saturated heterocycles. The van der Waals surface area contributed by atoms with Crippen molar-refractivity contribution in [3.05, 3.63) is 54.6 Å². The zero-order valence-corrected chi connectivity index (χ0v) is 20.1. The molecule has 1 heterocycles. The van der Waals surface area contributed by atoms with Crippen LogP contribution in [0.25, 0.3) is 0 Å². The Morgan fingerprint density at radius 1 is 0.912 bits per heavy atom. The van der Waals surface area contributed by atoms with Crippen LogP contribution in [0, 0.1) is 0 Å². The average Bonchev–Trinajstić information content (AvgIpc) is 3.64. The number of benzene rings is 2. The fraction of sp³-hybridized carbons (Fsp3) is 0.417. The number of nitrogens with one attached hydrogen (secondary N) is 2. The number of piperazine rings is 1. The summed E-state index contributed by atoms with van der Waals surface area (Å²) in [6.45, 7) is 3.45. The van der Waals surface area contributed by atoms with Crippen molar-refractivity contribution in [1.82, 2.24) is 15.1 Å². The molecule has 2 fully saturated rings. The number of para-hydroxylation sites is 1. The van der Waals surface area contributed by atoms with Gasteiger partial charge in [0.1, 0.15) is 0 Å². The first kappa shape index (κ1) is 24.2. The molecule has 0 unspecified atom stereocenters. The van der Waals surface area contributed by atoms with E-state index in [1.54, 1.807) is 36.4 Å². The molecule has 2 aromatic rings. The number of hydrogen-bond donors (Lipinski definition) is 2. The molecule has 10 heteroatoms. The predicted octanol–water partition coefficient (Wildman–Crippen LogP) is 1.35. The van der Waals surface area contributed by atoms with Gasteiger partial charge in [0.2, 0.25) is 11.8 Å². The molecule has 1 saturated carbocycles. The molecule has 0 radical (unpaired) electrons. The van der Waals surface area contributed by atoms with Crippen molar-refractivity contribution in [3.8, 4) is 0 Å². The van der Waals surface area contributed by atoms with E-state index >= 15 is 0 Å². The van der Waals surface area contributed by atoms with Crippen molar-refractivity contribution < 1.29 is 18.0 Å². The van der Waals surface area contributed by atoms with Crippen LogP contribution in [0.3, 0.4) is 0 Å². The van der Waals surface area contributed by atoms with Gasteiger partial charge in [-0.3, -0.25) is 23.7 Å². The van der Waals surface area contributed by atoms with Gasteiger partial charge < -0.3 is 10.6 Å². The van der Waals surface area contributed by atoms with Crippen molar-refractivity contribution >= 4 is 33.2 Å². The maximum absolute atomic E-state index is 13.0. The van der Waals surface area contributed by atoms with Gasteiger partial charge in [0.15, 0.2) is 0 Å². The van der Waals surface area contributed by atoms with E-state index in [2.05, 4.69) is 15.5 Å². The second-order valence-corrected chi connectivity index (χ2v) is 10.7. The zero-order chi connectivity index (χ0) is 24.1. The first-order valence-electron chi connectivity index (χ1n) is 11.5. The molecule has 182 valence electrons. The molecule has 2 aromatic carbocycles. The highest BCUT2D eigenvalue weighted by molar-refractivity contribution is 7.92. The van der Waals surface area contributed by atoms with Crippen molar-refractivity contribution in [3.63, 3.8) is 0 Å². The van der Waals surface area contributed by atoms with Gasteiger partial charge in [-0.15, -0.1) is 0 Å². The van der Waals surface area contributed by atoms with Gasteiger partial charge in [0.05, 0.1) is 23.7 Å². The van der Waals surface area contributed by atoms with E-state index in [0.29, 0.717) is 37.1 Å². The summed E-state index contributed by atoms with van der Waals surface area (Å²) in [7, 11) is -2.26. The molecule has 2 N–H and O–H groups in total. The Bertz CT molecular complexity index is 1110. The summed E-state index contributed by atoms with van der Waals surface area (Å²) in [6, 6.07) is 15.5. The Hall–Kier alpha value is -2.95. The van der Waals surface area contributed by atoms with Crippen molar-refractivity contribution in [1.29, 1.82) is 0 Å². The maximum Gasteiger partial charge on any atom is 0.264 e. The first-order chi connectivity index (χ1) is 16.3. The van der Waals surface area contributed by atoms with Crippen molar-refractivity contribution in [2.45, 2.75) is 23.8 Å². The molecule has 2 aliphatic rings. The smallest absolute Gasteiger partial charge is 0.264 e. The number of carbonyl (C=O) groups is 2. The quantitative estimate of drug-likeness (QED) is 0.556. The van der Waals surface area contributed by atoms with Crippen LogP contribution in [0.4, 0.5) is 11.4 Å². The van der Waals surface area contributed by atoms with Crippen LogP contribution in [0.15, 0.2) is 59.5 Å². The van der Waals surface area contributed by atoms with Crippen LogP contribution >= 0.6 is 0 Å². The van der Waals surface area contributed by atoms with E-state index in [1.807, 2.05) is 11.0 Å². The molecule has 0 bridgehead atoms. The minimum Gasteiger partial charge on any atom is -0.352 e. The number of nitrogens with zero attached hydrogens (tertiary/aromatic N) is 3. The third-order valence-corrected chi connectivity index (χ3v) is 7.82. The normalized spacial score (nSPS) is 17.2. The monoisotopic (exact) mass is 485 g/mol. The fourth-order valence-corrected chi connectivity index (χ4v) is 5.12. The van der Waals surface area contributed by atoms with Crippen LogP contribution < -0.4 is 14.9 Å². The highest BCUT2D eigenvalue weighted by atomic mass is 32.2. The van der Waals surface area contributed by atoms with Crippen LogP contribution in [0.2, 0.25) is 0 Å². The predicted molar refractivity (Wildman–Crippen MR) is 131 cm³/mol. The summed E-state index contributed by atoms with van der Waals surface area (Å²) in [4.78, 5) is 28.8. The van der Waals surface area contributed by atoms with Gasteiger partial charge in [-0.25, -0.2) is 8.42 Å². The third kappa shape index (κ3) is 6.34. The lowest BCUT2D eigenvalue weighted by Gasteiger charge is -2.33. The zero-order valence-electron chi connectivity index (χ0n) is 19.3. The molecule has 9 nitrogen and oxygen atoms in total. The van der Waals surface area contributed by atoms with Crippen LogP contribution in [0.1, 0.15) is 12.8 Å². The van der Waals surface area contributed by atoms with E-state index in [4.69, 9.17) is 0 Å². The summed E-state index contributed by atoms with van der Waals surface area (Å²) in [5, 5.41) is 5.81. The fourth-order valence-electron chi connectivity index (χ4n) is 3.88. The number of amides is 2. The Balaban J connectivity index is 1.28. The minimum atomic E-state index is -3.76. The molecule has 0 aromatic heterocycles. The van der Waals surface area contributed by atoms with Gasteiger partial charge >= 0.3 is 0 Å². The number of anilines is 2. The summed E-state index contributed by atoms with van der Waals surface area (Å²) < 4.78 is 27.3. The lowest BCUT2D eigenvalue weighted by molar-refractivity contribution is -0.123. The molecular formula is C24H31N5O4S. The third-order valence-electron chi connectivity index (χ3n) is 6.04. The summed E-state index contributed by atoms with van der Waals surface area (Å²) >= 11 is 0. The summed E-state index contributed by atoms with van der Waals surface area (Å²) in [5.74, 6) is -0.132. The van der Waals surface area contributed by atoms with E-state index in [1.165, 1.54) is 23.5 Å². The van der Waals surface area contributed by atoms with Crippen LogP contribution in [-0.4, -0.2) is 82.4 Å². The molecule has 4 rings (SSSR count). The summed E-state index contributed by atoms with van der Waals surface area (Å²) in [5.41, 5.74) is 0.990. The van der Waals surface area contributed by atoms with Crippen molar-refractivity contribution in [2.24, 2.45) is 0 Å². The molecule has 0 spiro atoms. The molecule has 34 heavy (non-hydrogen) atoms. The minimum absolute atomic E-state index is 0.0708. The lowest BCUT2D eigenvalue weighted by atomic mass is 10.3. The standard InChI is InChI=1S/C24H31N5O4S/c1-27(21-7-3-2-4-8-21)34(32,33)22-9-5-6-20(16-22)26-24(31)18-29-14-12-28(13-15-29)17-23(30)25-19-10-11-19/h2-9,16,19H,10-15,17-18H2,1H3,(H,25,30)(H,26,31). The number of rotatable bonds is 9. The molecule has 0 atom stereocenters. The van der Waals surface area contributed by atoms with E-state index in [0.717, 1.165) is 25.9 Å². The van der Waals surface area contributed by atoms with E-state index in [9.17, 15) is 18.0 Å². The average molecular weight is 486 g/mol. The van der Waals surface area contributed by atoms with E-state index in [-0.39, 0.29) is 23.3 Å². The maximum atomic E-state index is 13.0. The van der Waals surface area contributed by atoms with Crippen molar-refractivity contribution in [2.75, 3.05) is 55.9 Å². The SMILES string of the molecule is CN(c1ccccc1)S(=O)(=O)c1cccc(NC(=O)CN2CCN(CC(=O)NC3CC3)CC2)c1. The molecule has 1 aliphatic carbocycles. The van der Waals surface area contributed by atoms with Gasteiger partial charge in [-0.1, -0.05) is 24.3 Å². The van der Waals surface area contributed by atoms with Crippen LogP contribution in [-0.2, 0) is 19.6 Å². The highest BCUT2D eigenvalue weighted by Crippen LogP contribution is 2.23. The Labute approximate surface area is 200 Å². The number of hydrogen-bond acceptors (Lipinski definition) is 6. The second-order valence-electron chi connectivity index (χ2n) is 8.78. The largest absolute Gasteiger partial charge is 0.352 e. The highest BCUT2D eigenvalue weighted by Gasteiger charge is 2.26. The summed E-state index contributed by atoms with van der Waals surface area (Å²) in [6.07, 6.45) is 2.15.